The molecule has 1 amide bonds. The second-order valence-electron chi connectivity index (χ2n) is 6.62. The highest BCUT2D eigenvalue weighted by molar-refractivity contribution is 9.10. The molecule has 1 aliphatic heterocycles. The summed E-state index contributed by atoms with van der Waals surface area (Å²) in [7, 11) is 0. The first kappa shape index (κ1) is 20.8. The summed E-state index contributed by atoms with van der Waals surface area (Å²) in [5, 5.41) is 10.1. The average Bonchev–Trinajstić information content (AvgIpc) is 3.13. The van der Waals surface area contributed by atoms with Crippen LogP contribution >= 0.6 is 39.1 Å². The second kappa shape index (κ2) is 8.37. The molecule has 1 aliphatic rings. The molecule has 30 heavy (non-hydrogen) atoms. The van der Waals surface area contributed by atoms with Crippen LogP contribution in [0.2, 0.25) is 10.0 Å². The van der Waals surface area contributed by atoms with E-state index >= 15 is 0 Å². The van der Waals surface area contributed by atoms with Crippen LogP contribution in [0.15, 0.2) is 45.3 Å². The molecule has 0 unspecified atom stereocenters. The van der Waals surface area contributed by atoms with Crippen molar-refractivity contribution in [2.75, 3.05) is 31.1 Å². The van der Waals surface area contributed by atoms with Crippen molar-refractivity contribution >= 4 is 67.9 Å². The molecule has 7 nitrogen and oxygen atoms in total. The highest BCUT2D eigenvalue weighted by atomic mass is 79.9. The minimum atomic E-state index is -1.44. The Morgan fingerprint density at radius 2 is 1.83 bits per heavy atom. The normalized spacial score (nSPS) is 14.2. The Morgan fingerprint density at radius 1 is 1.10 bits per heavy atom. The van der Waals surface area contributed by atoms with Gasteiger partial charge in [0.1, 0.15) is 5.58 Å². The fourth-order valence-electron chi connectivity index (χ4n) is 3.41. The summed E-state index contributed by atoms with van der Waals surface area (Å²) in [6, 6.07) is 10.2. The number of nitrogens with zero attached hydrogens (tertiary/aromatic N) is 2. The molecule has 0 bridgehead atoms. The average molecular weight is 514 g/mol. The number of carboxylic acid groups (broad SMARTS) is 1. The quantitative estimate of drug-likeness (QED) is 0.464. The number of carbonyl (C=O) groups is 2. The lowest BCUT2D eigenvalue weighted by Gasteiger charge is -2.36. The fourth-order valence-corrected chi connectivity index (χ4v) is 4.49. The van der Waals surface area contributed by atoms with Gasteiger partial charge in [0.15, 0.2) is 0 Å². The van der Waals surface area contributed by atoms with Gasteiger partial charge in [-0.15, -0.1) is 0 Å². The molecule has 1 fully saturated rings. The molecular formula is C20H15BrCl2N2O5. The van der Waals surface area contributed by atoms with Gasteiger partial charge in [-0.25, -0.2) is 4.79 Å². The molecule has 1 N–H and O–H groups in total. The highest BCUT2D eigenvalue weighted by Crippen LogP contribution is 2.38. The standard InChI is InChI=1S/C20H15BrCl2N2O5/c21-17-12-10-16(30-20(27)28)29-15(12)5-4-14(17)24-6-8-25(9-7-24)19(26)11-2-1-3-13(22)18(11)23/h1-5,10H,6-9H2,(H,27,28). The van der Waals surface area contributed by atoms with Crippen LogP contribution in [-0.4, -0.2) is 48.2 Å². The number of amides is 1. The van der Waals surface area contributed by atoms with Gasteiger partial charge >= 0.3 is 6.16 Å². The predicted molar refractivity (Wildman–Crippen MR) is 117 cm³/mol. The molecule has 3 aromatic rings. The fraction of sp³-hybridized carbons (Fsp3) is 0.200. The minimum Gasteiger partial charge on any atom is -0.449 e. The summed E-state index contributed by atoms with van der Waals surface area (Å²) < 4.78 is 10.7. The van der Waals surface area contributed by atoms with Crippen molar-refractivity contribution in [3.8, 4) is 5.95 Å². The summed E-state index contributed by atoms with van der Waals surface area (Å²) in [5.74, 6) is -0.244. The number of rotatable bonds is 3. The Hall–Kier alpha value is -2.42. The lowest BCUT2D eigenvalue weighted by molar-refractivity contribution is 0.0746. The Morgan fingerprint density at radius 3 is 2.53 bits per heavy atom. The molecule has 0 radical (unpaired) electrons. The maximum Gasteiger partial charge on any atom is 0.513 e. The Balaban J connectivity index is 1.50. The Bertz CT molecular complexity index is 1140. The van der Waals surface area contributed by atoms with Crippen LogP contribution in [-0.2, 0) is 0 Å². The number of ether oxygens (including phenoxy) is 1. The Labute approximate surface area is 189 Å². The number of anilines is 1. The molecule has 4 rings (SSSR count). The van der Waals surface area contributed by atoms with Crippen LogP contribution in [0.3, 0.4) is 0 Å². The van der Waals surface area contributed by atoms with Crippen LogP contribution < -0.4 is 9.64 Å². The van der Waals surface area contributed by atoms with E-state index in [2.05, 4.69) is 25.6 Å². The zero-order chi connectivity index (χ0) is 21.4. The highest BCUT2D eigenvalue weighted by Gasteiger charge is 2.26. The number of halogens is 3. The van der Waals surface area contributed by atoms with E-state index in [0.717, 1.165) is 10.2 Å². The third-order valence-electron chi connectivity index (χ3n) is 4.87. The predicted octanol–water partition coefficient (Wildman–Crippen LogP) is 5.52. The molecule has 10 heteroatoms. The van der Waals surface area contributed by atoms with Crippen molar-refractivity contribution < 1.29 is 23.8 Å². The van der Waals surface area contributed by atoms with E-state index in [0.29, 0.717) is 47.7 Å². The van der Waals surface area contributed by atoms with Crippen molar-refractivity contribution in [2.24, 2.45) is 0 Å². The first-order valence-corrected chi connectivity index (χ1v) is 10.5. The summed E-state index contributed by atoms with van der Waals surface area (Å²) in [4.78, 5) is 27.4. The largest absolute Gasteiger partial charge is 0.513 e. The maximum atomic E-state index is 12.8. The molecule has 0 spiro atoms. The van der Waals surface area contributed by atoms with Gasteiger partial charge < -0.3 is 24.1 Å². The van der Waals surface area contributed by atoms with E-state index in [1.165, 1.54) is 6.07 Å². The number of piperazine rings is 1. The van der Waals surface area contributed by atoms with Gasteiger partial charge in [0, 0.05) is 37.6 Å². The van der Waals surface area contributed by atoms with Crippen molar-refractivity contribution in [3.05, 3.63) is 56.5 Å². The molecule has 1 aromatic heterocycles. The van der Waals surface area contributed by atoms with Crippen LogP contribution in [0.1, 0.15) is 10.4 Å². The molecule has 0 saturated carbocycles. The van der Waals surface area contributed by atoms with Crippen LogP contribution in [0, 0.1) is 0 Å². The van der Waals surface area contributed by atoms with Crippen LogP contribution in [0.5, 0.6) is 5.95 Å². The molecular weight excluding hydrogens is 499 g/mol. The maximum absolute atomic E-state index is 12.8. The van der Waals surface area contributed by atoms with Crippen molar-refractivity contribution in [1.29, 1.82) is 0 Å². The van der Waals surface area contributed by atoms with Crippen molar-refractivity contribution in [1.82, 2.24) is 4.90 Å². The van der Waals surface area contributed by atoms with E-state index in [1.807, 2.05) is 6.07 Å². The summed E-state index contributed by atoms with van der Waals surface area (Å²) >= 11 is 15.8. The number of hydrogen-bond acceptors (Lipinski definition) is 5. The van der Waals surface area contributed by atoms with E-state index in [-0.39, 0.29) is 16.9 Å². The third-order valence-corrected chi connectivity index (χ3v) is 6.52. The van der Waals surface area contributed by atoms with E-state index in [1.54, 1.807) is 29.2 Å². The monoisotopic (exact) mass is 512 g/mol. The molecule has 156 valence electrons. The van der Waals surface area contributed by atoms with E-state index in [4.69, 9.17) is 32.7 Å². The number of benzene rings is 2. The van der Waals surface area contributed by atoms with Crippen LogP contribution in [0.4, 0.5) is 10.5 Å². The lowest BCUT2D eigenvalue weighted by atomic mass is 10.1. The summed E-state index contributed by atoms with van der Waals surface area (Å²) in [6.45, 7) is 2.27. The number of furan rings is 1. The molecule has 2 heterocycles. The van der Waals surface area contributed by atoms with Gasteiger partial charge in [-0.1, -0.05) is 29.3 Å². The number of hydrogen-bond donors (Lipinski definition) is 1. The molecule has 1 saturated heterocycles. The smallest absolute Gasteiger partial charge is 0.449 e. The SMILES string of the molecule is O=C(O)Oc1cc2c(Br)c(N3CCN(C(=O)c4cccc(Cl)c4Cl)CC3)ccc2o1. The zero-order valence-corrected chi connectivity index (χ0v) is 18.5. The first-order valence-electron chi connectivity index (χ1n) is 8.96. The topological polar surface area (TPSA) is 83.2 Å². The number of fused-ring (bicyclic) bond motifs is 1. The summed E-state index contributed by atoms with van der Waals surface area (Å²) in [6.07, 6.45) is -1.44. The minimum absolute atomic E-state index is 0.0934. The number of carbonyl (C=O) groups excluding carboxylic acids is 1. The lowest BCUT2D eigenvalue weighted by Crippen LogP contribution is -2.49. The Kier molecular flexibility index (Phi) is 5.81. The summed E-state index contributed by atoms with van der Waals surface area (Å²) in [5.41, 5.74) is 1.81. The van der Waals surface area contributed by atoms with Gasteiger partial charge in [0.05, 0.1) is 25.8 Å². The van der Waals surface area contributed by atoms with E-state index in [9.17, 15) is 9.59 Å². The second-order valence-corrected chi connectivity index (χ2v) is 8.20. The van der Waals surface area contributed by atoms with Gasteiger partial charge in [0.25, 0.3) is 11.9 Å². The first-order chi connectivity index (χ1) is 14.3. The van der Waals surface area contributed by atoms with E-state index < -0.39 is 6.16 Å². The molecule has 0 aliphatic carbocycles. The molecule has 0 atom stereocenters. The zero-order valence-electron chi connectivity index (χ0n) is 15.4. The van der Waals surface area contributed by atoms with Gasteiger partial charge in [-0.3, -0.25) is 4.79 Å². The van der Waals surface area contributed by atoms with Crippen molar-refractivity contribution in [3.63, 3.8) is 0 Å². The van der Waals surface area contributed by atoms with Gasteiger partial charge in [-0.2, -0.15) is 0 Å². The van der Waals surface area contributed by atoms with Gasteiger partial charge in [0.2, 0.25) is 0 Å². The van der Waals surface area contributed by atoms with Crippen molar-refractivity contribution in [2.45, 2.75) is 0 Å². The van der Waals surface area contributed by atoms with Gasteiger partial charge in [-0.05, 0) is 40.2 Å². The third kappa shape index (κ3) is 3.95. The molecule has 2 aromatic carbocycles. The van der Waals surface area contributed by atoms with Crippen LogP contribution in [0.25, 0.3) is 11.0 Å².